The van der Waals surface area contributed by atoms with E-state index in [0.29, 0.717) is 0 Å². The molecule has 1 aromatic rings. The number of nitrogens with one attached hydrogen (secondary N) is 1. The molecule has 0 aliphatic carbocycles. The van der Waals surface area contributed by atoms with Crippen LogP contribution in [0.4, 0.5) is 0 Å². The first-order valence-corrected chi connectivity index (χ1v) is 4.03. The Kier molecular flexibility index (Phi) is 2.85. The van der Waals surface area contributed by atoms with Gasteiger partial charge in [0.25, 0.3) is 5.56 Å². The van der Waals surface area contributed by atoms with Crippen molar-refractivity contribution in [2.45, 2.75) is 13.8 Å². The van der Waals surface area contributed by atoms with Gasteiger partial charge in [-0.3, -0.25) is 4.79 Å². The molecule has 1 aromatic heterocycles. The van der Waals surface area contributed by atoms with Crippen LogP contribution in [0.25, 0.3) is 0 Å². The molecule has 0 amide bonds. The molecule has 0 saturated heterocycles. The van der Waals surface area contributed by atoms with Crippen LogP contribution >= 0.6 is 0 Å². The molecule has 6 nitrogen and oxygen atoms in total. The average molecular weight is 198 g/mol. The number of carbonyl (C=O) groups is 1. The lowest BCUT2D eigenvalue weighted by atomic mass is 10.3. The molecule has 76 valence electrons. The Labute approximate surface area is 79.6 Å². The van der Waals surface area contributed by atoms with Crippen LogP contribution in [0, 0.1) is 6.92 Å². The van der Waals surface area contributed by atoms with Crippen molar-refractivity contribution in [2.24, 2.45) is 0 Å². The third kappa shape index (κ3) is 1.90. The Morgan fingerprint density at radius 1 is 1.64 bits per heavy atom. The number of hydrogen-bond acceptors (Lipinski definition) is 5. The van der Waals surface area contributed by atoms with Crippen molar-refractivity contribution in [3.63, 3.8) is 0 Å². The van der Waals surface area contributed by atoms with Gasteiger partial charge in [-0.25, -0.2) is 9.78 Å². The molecular formula is C8H10N2O4. The van der Waals surface area contributed by atoms with Crippen molar-refractivity contribution in [3.8, 4) is 5.75 Å². The molecule has 0 aromatic carbocycles. The molecule has 1 rings (SSSR count). The Morgan fingerprint density at radius 2 is 2.29 bits per heavy atom. The van der Waals surface area contributed by atoms with Gasteiger partial charge < -0.3 is 14.8 Å². The molecule has 0 fully saturated rings. The van der Waals surface area contributed by atoms with Gasteiger partial charge in [0.05, 0.1) is 6.61 Å². The van der Waals surface area contributed by atoms with E-state index in [1.54, 1.807) is 6.92 Å². The predicted molar refractivity (Wildman–Crippen MR) is 47.2 cm³/mol. The first kappa shape index (κ1) is 10.2. The van der Waals surface area contributed by atoms with Crippen LogP contribution in [0.5, 0.6) is 5.75 Å². The lowest BCUT2D eigenvalue weighted by Gasteiger charge is -2.02. The SMILES string of the molecule is CCOC(=O)c1nc(C)[nH]c(=O)c1O. The summed E-state index contributed by atoms with van der Waals surface area (Å²) in [6, 6.07) is 0. The zero-order chi connectivity index (χ0) is 10.7. The van der Waals surface area contributed by atoms with Gasteiger partial charge in [-0.2, -0.15) is 0 Å². The molecule has 0 unspecified atom stereocenters. The van der Waals surface area contributed by atoms with E-state index >= 15 is 0 Å². The van der Waals surface area contributed by atoms with E-state index in [1.807, 2.05) is 0 Å². The lowest BCUT2D eigenvalue weighted by Crippen LogP contribution is -2.17. The second-order valence-corrected chi connectivity index (χ2v) is 2.57. The number of aromatic amines is 1. The number of esters is 1. The fourth-order valence-electron chi connectivity index (χ4n) is 0.921. The van der Waals surface area contributed by atoms with Gasteiger partial charge in [-0.1, -0.05) is 0 Å². The van der Waals surface area contributed by atoms with E-state index in [4.69, 9.17) is 0 Å². The fourth-order valence-corrected chi connectivity index (χ4v) is 0.921. The summed E-state index contributed by atoms with van der Waals surface area (Å²) in [7, 11) is 0. The molecule has 6 heteroatoms. The fraction of sp³-hybridized carbons (Fsp3) is 0.375. The minimum atomic E-state index is -0.806. The summed E-state index contributed by atoms with van der Waals surface area (Å²) in [5, 5.41) is 9.21. The standard InChI is InChI=1S/C8H10N2O4/c1-3-14-8(13)5-6(11)7(12)10-4(2)9-5/h11H,3H2,1-2H3,(H,9,10,12). The number of hydrogen-bond donors (Lipinski definition) is 2. The first-order valence-electron chi connectivity index (χ1n) is 4.03. The topological polar surface area (TPSA) is 92.3 Å². The van der Waals surface area contributed by atoms with Gasteiger partial charge in [0.15, 0.2) is 5.69 Å². The van der Waals surface area contributed by atoms with Crippen molar-refractivity contribution in [2.75, 3.05) is 6.61 Å². The van der Waals surface area contributed by atoms with Crippen LogP contribution in [0.3, 0.4) is 0 Å². The van der Waals surface area contributed by atoms with Crippen molar-refractivity contribution in [1.29, 1.82) is 0 Å². The van der Waals surface area contributed by atoms with E-state index in [-0.39, 0.29) is 18.1 Å². The quantitative estimate of drug-likeness (QED) is 0.650. The Bertz CT molecular complexity index is 410. The third-order valence-electron chi connectivity index (χ3n) is 1.48. The molecule has 1 heterocycles. The molecule has 2 N–H and O–H groups in total. The number of carbonyl (C=O) groups excluding carboxylic acids is 1. The highest BCUT2D eigenvalue weighted by Gasteiger charge is 2.17. The molecule has 0 aliphatic rings. The minimum absolute atomic E-state index is 0.159. The van der Waals surface area contributed by atoms with E-state index in [9.17, 15) is 14.7 Å². The maximum atomic E-state index is 11.2. The largest absolute Gasteiger partial charge is 0.501 e. The van der Waals surface area contributed by atoms with Gasteiger partial charge in [0.1, 0.15) is 5.82 Å². The zero-order valence-electron chi connectivity index (χ0n) is 7.83. The predicted octanol–water partition coefficient (Wildman–Crippen LogP) is -0.0394. The minimum Gasteiger partial charge on any atom is -0.501 e. The van der Waals surface area contributed by atoms with Crippen LogP contribution in [0.2, 0.25) is 0 Å². The second kappa shape index (κ2) is 3.91. The highest BCUT2D eigenvalue weighted by Crippen LogP contribution is 2.08. The molecule has 0 spiro atoms. The highest BCUT2D eigenvalue weighted by atomic mass is 16.5. The van der Waals surface area contributed by atoms with Crippen molar-refractivity contribution < 1.29 is 14.6 Å². The van der Waals surface area contributed by atoms with Gasteiger partial charge in [-0.05, 0) is 13.8 Å². The number of aromatic nitrogens is 2. The third-order valence-corrected chi connectivity index (χ3v) is 1.48. The number of nitrogens with zero attached hydrogens (tertiary/aromatic N) is 1. The van der Waals surface area contributed by atoms with Crippen LogP contribution in [-0.4, -0.2) is 27.7 Å². The number of aromatic hydroxyl groups is 1. The maximum absolute atomic E-state index is 11.2. The second-order valence-electron chi connectivity index (χ2n) is 2.57. The summed E-state index contributed by atoms with van der Waals surface area (Å²) in [6.07, 6.45) is 0. The molecule has 0 bridgehead atoms. The zero-order valence-corrected chi connectivity index (χ0v) is 7.83. The van der Waals surface area contributed by atoms with Crippen LogP contribution < -0.4 is 5.56 Å². The van der Waals surface area contributed by atoms with E-state index in [0.717, 1.165) is 0 Å². The first-order chi connectivity index (χ1) is 6.56. The number of H-pyrrole nitrogens is 1. The number of aryl methyl sites for hydroxylation is 1. The smallest absolute Gasteiger partial charge is 0.361 e. The van der Waals surface area contributed by atoms with E-state index in [1.165, 1.54) is 6.92 Å². The van der Waals surface area contributed by atoms with Gasteiger partial charge in [-0.15, -0.1) is 0 Å². The van der Waals surface area contributed by atoms with Gasteiger partial charge in [0, 0.05) is 0 Å². The monoisotopic (exact) mass is 198 g/mol. The van der Waals surface area contributed by atoms with Crippen LogP contribution in [-0.2, 0) is 4.74 Å². The summed E-state index contributed by atoms with van der Waals surface area (Å²) in [5.74, 6) is -1.27. The summed E-state index contributed by atoms with van der Waals surface area (Å²) in [5.41, 5.74) is -1.10. The van der Waals surface area contributed by atoms with Gasteiger partial charge >= 0.3 is 5.97 Å². The summed E-state index contributed by atoms with van der Waals surface area (Å²) < 4.78 is 4.60. The highest BCUT2D eigenvalue weighted by molar-refractivity contribution is 5.89. The Balaban J connectivity index is 3.20. The number of rotatable bonds is 2. The molecule has 0 saturated carbocycles. The Hall–Kier alpha value is -1.85. The van der Waals surface area contributed by atoms with E-state index < -0.39 is 17.3 Å². The number of ether oxygens (including phenoxy) is 1. The molecule has 0 aliphatic heterocycles. The van der Waals surface area contributed by atoms with E-state index in [2.05, 4.69) is 14.7 Å². The summed E-state index contributed by atoms with van der Waals surface area (Å²) in [4.78, 5) is 28.1. The normalized spacial score (nSPS) is 9.86. The van der Waals surface area contributed by atoms with Crippen molar-refractivity contribution >= 4 is 5.97 Å². The Morgan fingerprint density at radius 3 is 2.86 bits per heavy atom. The van der Waals surface area contributed by atoms with Crippen LogP contribution in [0.1, 0.15) is 23.2 Å². The maximum Gasteiger partial charge on any atom is 0.361 e. The van der Waals surface area contributed by atoms with Gasteiger partial charge in [0.2, 0.25) is 5.75 Å². The van der Waals surface area contributed by atoms with Crippen molar-refractivity contribution in [3.05, 3.63) is 21.9 Å². The molecule has 14 heavy (non-hydrogen) atoms. The molecule has 0 radical (unpaired) electrons. The van der Waals surface area contributed by atoms with Crippen molar-refractivity contribution in [1.82, 2.24) is 9.97 Å². The van der Waals surface area contributed by atoms with Crippen LogP contribution in [0.15, 0.2) is 4.79 Å². The average Bonchev–Trinajstić information content (AvgIpc) is 2.11. The summed E-state index contributed by atoms with van der Waals surface area (Å²) in [6.45, 7) is 3.28. The lowest BCUT2D eigenvalue weighted by molar-refractivity contribution is 0.0515. The molecular weight excluding hydrogens is 188 g/mol. The summed E-state index contributed by atoms with van der Waals surface area (Å²) >= 11 is 0. The molecule has 0 atom stereocenters.